The molecule has 0 aliphatic rings. The van der Waals surface area contributed by atoms with Crippen LogP contribution in [0, 0.1) is 0 Å². The number of thioether (sulfide) groups is 1. The standard InChI is InChI=1S/C8H3Br2F5OS/c9-3-1-2-4(10)6(17-8(13,14)15)5(3)16-7(11)12/h1-2,7H. The van der Waals surface area contributed by atoms with Crippen LogP contribution in [0.15, 0.2) is 26.0 Å². The third-order valence-corrected chi connectivity index (χ3v) is 3.83. The molecule has 9 heteroatoms. The summed E-state index contributed by atoms with van der Waals surface area (Å²) in [6.07, 6.45) is 0. The lowest BCUT2D eigenvalue weighted by atomic mass is 10.3. The summed E-state index contributed by atoms with van der Waals surface area (Å²) in [6, 6.07) is 2.61. The number of hydrogen-bond acceptors (Lipinski definition) is 2. The van der Waals surface area contributed by atoms with Crippen LogP contribution < -0.4 is 4.74 Å². The topological polar surface area (TPSA) is 9.23 Å². The number of alkyl halides is 5. The highest BCUT2D eigenvalue weighted by molar-refractivity contribution is 9.11. The molecule has 0 saturated carbocycles. The van der Waals surface area contributed by atoms with Crippen molar-refractivity contribution in [2.45, 2.75) is 17.0 Å². The zero-order chi connectivity index (χ0) is 13.2. The van der Waals surface area contributed by atoms with E-state index >= 15 is 0 Å². The van der Waals surface area contributed by atoms with Crippen LogP contribution in [-0.2, 0) is 0 Å². The number of halogens is 7. The van der Waals surface area contributed by atoms with Crippen molar-refractivity contribution in [1.82, 2.24) is 0 Å². The molecule has 1 aromatic carbocycles. The Morgan fingerprint density at radius 1 is 1.12 bits per heavy atom. The zero-order valence-electron chi connectivity index (χ0n) is 7.69. The lowest BCUT2D eigenvalue weighted by Crippen LogP contribution is -2.06. The first kappa shape index (κ1) is 15.0. The SMILES string of the molecule is FC(F)Oc1c(Br)ccc(Br)c1SC(F)(F)F. The van der Waals surface area contributed by atoms with E-state index < -0.39 is 34.5 Å². The molecule has 0 saturated heterocycles. The molecule has 0 amide bonds. The Bertz CT molecular complexity index is 410. The predicted molar refractivity (Wildman–Crippen MR) is 60.4 cm³/mol. The van der Waals surface area contributed by atoms with Crippen LogP contribution in [0.4, 0.5) is 22.0 Å². The maximum Gasteiger partial charge on any atom is 0.446 e. The van der Waals surface area contributed by atoms with Crippen molar-refractivity contribution in [3.05, 3.63) is 21.1 Å². The number of hydrogen-bond donors (Lipinski definition) is 0. The van der Waals surface area contributed by atoms with E-state index in [1.165, 1.54) is 12.1 Å². The van der Waals surface area contributed by atoms with Gasteiger partial charge in [-0.25, -0.2) is 0 Å². The minimum Gasteiger partial charge on any atom is -0.432 e. The van der Waals surface area contributed by atoms with Crippen molar-refractivity contribution in [2.75, 3.05) is 0 Å². The minimum atomic E-state index is -4.59. The highest BCUT2D eigenvalue weighted by Gasteiger charge is 2.33. The van der Waals surface area contributed by atoms with Gasteiger partial charge in [-0.1, -0.05) is 0 Å². The van der Waals surface area contributed by atoms with Crippen LogP contribution >= 0.6 is 43.6 Å². The summed E-state index contributed by atoms with van der Waals surface area (Å²) < 4.78 is 65.1. The summed E-state index contributed by atoms with van der Waals surface area (Å²) in [5.41, 5.74) is -4.59. The van der Waals surface area contributed by atoms with Crippen LogP contribution in [0.5, 0.6) is 5.75 Å². The Kier molecular flexibility index (Phi) is 5.08. The second-order valence-electron chi connectivity index (χ2n) is 2.61. The van der Waals surface area contributed by atoms with Crippen LogP contribution in [-0.4, -0.2) is 12.1 Å². The van der Waals surface area contributed by atoms with E-state index in [9.17, 15) is 22.0 Å². The fraction of sp³-hybridized carbons (Fsp3) is 0.250. The Morgan fingerprint density at radius 2 is 1.65 bits per heavy atom. The molecule has 0 radical (unpaired) electrons. The molecule has 96 valence electrons. The fourth-order valence-electron chi connectivity index (χ4n) is 0.924. The second-order valence-corrected chi connectivity index (χ2v) is 5.40. The van der Waals surface area contributed by atoms with Crippen molar-refractivity contribution in [2.24, 2.45) is 0 Å². The fourth-order valence-corrected chi connectivity index (χ4v) is 2.68. The molecule has 1 nitrogen and oxygen atoms in total. The summed E-state index contributed by atoms with van der Waals surface area (Å²) in [5, 5.41) is 0. The lowest BCUT2D eigenvalue weighted by molar-refractivity contribution is -0.0533. The molecule has 0 aliphatic carbocycles. The van der Waals surface area contributed by atoms with Crippen molar-refractivity contribution >= 4 is 43.6 Å². The summed E-state index contributed by atoms with van der Waals surface area (Å²) in [5.74, 6) is -0.545. The van der Waals surface area contributed by atoms with Gasteiger partial charge in [0.25, 0.3) is 0 Å². The van der Waals surface area contributed by atoms with Gasteiger partial charge in [-0.05, 0) is 55.8 Å². The quantitative estimate of drug-likeness (QED) is 0.493. The van der Waals surface area contributed by atoms with Crippen LogP contribution in [0.2, 0.25) is 0 Å². The molecular weight excluding hydrogens is 399 g/mol. The first-order valence-electron chi connectivity index (χ1n) is 3.89. The van der Waals surface area contributed by atoms with E-state index in [0.717, 1.165) is 0 Å². The monoisotopic (exact) mass is 400 g/mol. The summed E-state index contributed by atoms with van der Waals surface area (Å²) in [7, 11) is 0. The summed E-state index contributed by atoms with van der Waals surface area (Å²) in [4.78, 5) is -0.452. The van der Waals surface area contributed by atoms with E-state index in [1.54, 1.807) is 0 Å². The van der Waals surface area contributed by atoms with E-state index in [1.807, 2.05) is 0 Å². The maximum absolute atomic E-state index is 12.3. The molecular formula is C8H3Br2F5OS. The minimum absolute atomic E-state index is 0.0211. The largest absolute Gasteiger partial charge is 0.446 e. The summed E-state index contributed by atoms with van der Waals surface area (Å²) >= 11 is 5.19. The van der Waals surface area contributed by atoms with Crippen LogP contribution in [0.25, 0.3) is 0 Å². The van der Waals surface area contributed by atoms with Gasteiger partial charge in [0, 0.05) is 4.47 Å². The molecule has 1 rings (SSSR count). The van der Waals surface area contributed by atoms with Crippen molar-refractivity contribution < 1.29 is 26.7 Å². The average molecular weight is 402 g/mol. The molecule has 1 aromatic rings. The normalized spacial score (nSPS) is 12.0. The molecule has 0 aromatic heterocycles. The Morgan fingerprint density at radius 3 is 2.12 bits per heavy atom. The molecule has 0 aliphatic heterocycles. The zero-order valence-corrected chi connectivity index (χ0v) is 11.7. The van der Waals surface area contributed by atoms with Gasteiger partial charge in [-0.2, -0.15) is 22.0 Å². The molecule has 0 spiro atoms. The van der Waals surface area contributed by atoms with Gasteiger partial charge in [-0.3, -0.25) is 0 Å². The number of rotatable bonds is 3. The summed E-state index contributed by atoms with van der Waals surface area (Å²) in [6.45, 7) is -3.20. The highest BCUT2D eigenvalue weighted by atomic mass is 79.9. The van der Waals surface area contributed by atoms with Crippen molar-refractivity contribution in [1.29, 1.82) is 0 Å². The van der Waals surface area contributed by atoms with Crippen LogP contribution in [0.3, 0.4) is 0 Å². The Hall–Kier alpha value is -0.0200. The Labute approximate surface area is 114 Å². The van der Waals surface area contributed by atoms with Gasteiger partial charge in [-0.15, -0.1) is 0 Å². The van der Waals surface area contributed by atoms with Gasteiger partial charge in [0.1, 0.15) is 0 Å². The third-order valence-electron chi connectivity index (χ3n) is 1.44. The first-order valence-corrected chi connectivity index (χ1v) is 6.29. The van der Waals surface area contributed by atoms with Gasteiger partial charge in [0.2, 0.25) is 0 Å². The maximum atomic E-state index is 12.3. The second kappa shape index (κ2) is 5.75. The molecule has 0 fully saturated rings. The number of benzene rings is 1. The Balaban J connectivity index is 3.20. The van der Waals surface area contributed by atoms with Crippen molar-refractivity contribution in [3.8, 4) is 5.75 Å². The van der Waals surface area contributed by atoms with E-state index in [0.29, 0.717) is 0 Å². The molecule has 17 heavy (non-hydrogen) atoms. The molecule has 0 atom stereocenters. The van der Waals surface area contributed by atoms with Gasteiger partial charge in [0.05, 0.1) is 9.37 Å². The molecule has 0 heterocycles. The van der Waals surface area contributed by atoms with Crippen LogP contribution in [0.1, 0.15) is 0 Å². The first-order chi connectivity index (χ1) is 7.70. The molecule has 0 bridgehead atoms. The smallest absolute Gasteiger partial charge is 0.432 e. The average Bonchev–Trinajstić information content (AvgIpc) is 2.15. The van der Waals surface area contributed by atoms with E-state index in [2.05, 4.69) is 36.6 Å². The molecule has 0 N–H and O–H groups in total. The lowest BCUT2D eigenvalue weighted by Gasteiger charge is -2.14. The predicted octanol–water partition coefficient (Wildman–Crippen LogP) is 5.42. The highest BCUT2D eigenvalue weighted by Crippen LogP contribution is 2.48. The number of ether oxygens (including phenoxy) is 1. The van der Waals surface area contributed by atoms with Gasteiger partial charge < -0.3 is 4.74 Å². The van der Waals surface area contributed by atoms with E-state index in [4.69, 9.17) is 0 Å². The molecule has 0 unspecified atom stereocenters. The third kappa shape index (κ3) is 4.63. The van der Waals surface area contributed by atoms with E-state index in [-0.39, 0.29) is 8.95 Å². The van der Waals surface area contributed by atoms with Crippen molar-refractivity contribution in [3.63, 3.8) is 0 Å². The van der Waals surface area contributed by atoms with Gasteiger partial charge in [0.15, 0.2) is 5.75 Å². The van der Waals surface area contributed by atoms with Gasteiger partial charge >= 0.3 is 12.1 Å².